The van der Waals surface area contributed by atoms with Crippen molar-refractivity contribution in [2.75, 3.05) is 6.61 Å². The number of carboxylic acids is 1. The van der Waals surface area contributed by atoms with E-state index in [1.54, 1.807) is 19.1 Å². The molecule has 0 radical (unpaired) electrons. The number of aromatic hydroxyl groups is 1. The number of carbonyl (C=O) groups excluding carboxylic acids is 1. The number of halogens is 1. The molecular weight excluding hydrogens is 406 g/mol. The standard InChI is InChI=1S/C23H24ClNO5/c1-5-30-23(29)19-13(4)25(12(2)3)18-8-6-7-17(21(18)19)20(22(27)28)14-9-15(24)11-16(26)10-14/h6-12,20,26H,5H2,1-4H3,(H,27,28). The molecule has 0 saturated carbocycles. The largest absolute Gasteiger partial charge is 0.508 e. The summed E-state index contributed by atoms with van der Waals surface area (Å²) in [6.45, 7) is 7.76. The number of phenolic OH excluding ortho intramolecular Hbond substituents is 1. The number of benzene rings is 2. The van der Waals surface area contributed by atoms with Gasteiger partial charge in [0, 0.05) is 27.7 Å². The number of ether oxygens (including phenoxy) is 1. The van der Waals surface area contributed by atoms with Crippen LogP contribution in [0.1, 0.15) is 59.9 Å². The fourth-order valence-corrected chi connectivity index (χ4v) is 4.33. The van der Waals surface area contributed by atoms with Crippen LogP contribution in [-0.4, -0.2) is 33.3 Å². The van der Waals surface area contributed by atoms with Crippen molar-refractivity contribution in [2.45, 2.75) is 39.7 Å². The third-order valence-electron chi connectivity index (χ3n) is 5.10. The van der Waals surface area contributed by atoms with Gasteiger partial charge in [0.25, 0.3) is 0 Å². The van der Waals surface area contributed by atoms with Crippen molar-refractivity contribution in [3.8, 4) is 5.75 Å². The van der Waals surface area contributed by atoms with E-state index in [9.17, 15) is 19.8 Å². The number of aromatic nitrogens is 1. The molecule has 0 bridgehead atoms. The summed E-state index contributed by atoms with van der Waals surface area (Å²) in [5, 5.41) is 20.8. The molecule has 0 saturated heterocycles. The summed E-state index contributed by atoms with van der Waals surface area (Å²) in [5.41, 5.74) is 2.58. The van der Waals surface area contributed by atoms with Crippen LogP contribution >= 0.6 is 11.6 Å². The fourth-order valence-electron chi connectivity index (χ4n) is 4.09. The lowest BCUT2D eigenvalue weighted by molar-refractivity contribution is -0.137. The highest BCUT2D eigenvalue weighted by molar-refractivity contribution is 6.30. The molecule has 2 aromatic carbocycles. The van der Waals surface area contributed by atoms with Crippen molar-refractivity contribution < 1.29 is 24.5 Å². The minimum absolute atomic E-state index is 0.0458. The Kier molecular flexibility index (Phi) is 6.08. The Hall–Kier alpha value is -2.99. The number of phenols is 1. The average Bonchev–Trinajstić information content (AvgIpc) is 2.93. The first-order chi connectivity index (χ1) is 14.2. The van der Waals surface area contributed by atoms with Gasteiger partial charge in [-0.2, -0.15) is 0 Å². The van der Waals surface area contributed by atoms with Gasteiger partial charge in [0.15, 0.2) is 0 Å². The summed E-state index contributed by atoms with van der Waals surface area (Å²) in [6, 6.07) is 9.59. The number of carboxylic acid groups (broad SMARTS) is 1. The molecule has 2 N–H and O–H groups in total. The highest BCUT2D eigenvalue weighted by Gasteiger charge is 2.31. The zero-order chi connectivity index (χ0) is 22.2. The van der Waals surface area contributed by atoms with Crippen molar-refractivity contribution in [3.05, 3.63) is 63.8 Å². The highest BCUT2D eigenvalue weighted by Crippen LogP contribution is 2.39. The van der Waals surface area contributed by atoms with Crippen molar-refractivity contribution >= 4 is 34.4 Å². The summed E-state index contributed by atoms with van der Waals surface area (Å²) < 4.78 is 7.29. The summed E-state index contributed by atoms with van der Waals surface area (Å²) in [4.78, 5) is 25.2. The van der Waals surface area contributed by atoms with Gasteiger partial charge in [-0.05, 0) is 63.1 Å². The number of aliphatic carboxylic acids is 1. The minimum atomic E-state index is -1.13. The van der Waals surface area contributed by atoms with Crippen LogP contribution in [0.3, 0.4) is 0 Å². The second-order valence-electron chi connectivity index (χ2n) is 7.40. The van der Waals surface area contributed by atoms with E-state index in [0.717, 1.165) is 5.52 Å². The summed E-state index contributed by atoms with van der Waals surface area (Å²) >= 11 is 6.07. The van der Waals surface area contributed by atoms with Crippen LogP contribution in [0.15, 0.2) is 36.4 Å². The lowest BCUT2D eigenvalue weighted by atomic mass is 9.87. The van der Waals surface area contributed by atoms with Crippen LogP contribution in [0.2, 0.25) is 5.02 Å². The van der Waals surface area contributed by atoms with E-state index in [2.05, 4.69) is 0 Å². The second kappa shape index (κ2) is 8.40. The monoisotopic (exact) mass is 429 g/mol. The van der Waals surface area contributed by atoms with Crippen LogP contribution in [0.25, 0.3) is 10.9 Å². The van der Waals surface area contributed by atoms with Crippen LogP contribution in [0.4, 0.5) is 0 Å². The molecule has 0 amide bonds. The molecule has 30 heavy (non-hydrogen) atoms. The van der Waals surface area contributed by atoms with Gasteiger partial charge in [-0.15, -0.1) is 0 Å². The van der Waals surface area contributed by atoms with Crippen LogP contribution in [0.5, 0.6) is 5.75 Å². The smallest absolute Gasteiger partial charge is 0.340 e. The molecule has 0 spiro atoms. The van der Waals surface area contributed by atoms with Gasteiger partial charge in [0.05, 0.1) is 12.2 Å². The molecular formula is C23H24ClNO5. The van der Waals surface area contributed by atoms with E-state index in [0.29, 0.717) is 27.8 Å². The molecule has 6 nitrogen and oxygen atoms in total. The first kappa shape index (κ1) is 21.7. The van der Waals surface area contributed by atoms with Gasteiger partial charge >= 0.3 is 11.9 Å². The predicted molar refractivity (Wildman–Crippen MR) is 116 cm³/mol. The van der Waals surface area contributed by atoms with Gasteiger partial charge in [-0.1, -0.05) is 23.7 Å². The molecule has 158 valence electrons. The van der Waals surface area contributed by atoms with Gasteiger partial charge in [0.2, 0.25) is 0 Å². The van der Waals surface area contributed by atoms with Crippen molar-refractivity contribution in [3.63, 3.8) is 0 Å². The molecule has 3 aromatic rings. The molecule has 1 heterocycles. The Morgan fingerprint density at radius 1 is 1.20 bits per heavy atom. The Morgan fingerprint density at radius 3 is 2.47 bits per heavy atom. The average molecular weight is 430 g/mol. The molecule has 0 aliphatic rings. The molecule has 1 aromatic heterocycles. The van der Waals surface area contributed by atoms with E-state index < -0.39 is 17.9 Å². The number of esters is 1. The van der Waals surface area contributed by atoms with E-state index >= 15 is 0 Å². The Bertz CT molecular complexity index is 1110. The van der Waals surface area contributed by atoms with Gasteiger partial charge < -0.3 is 19.5 Å². The maximum absolute atomic E-state index is 12.9. The van der Waals surface area contributed by atoms with Crippen LogP contribution in [0, 0.1) is 6.92 Å². The second-order valence-corrected chi connectivity index (χ2v) is 7.84. The third kappa shape index (κ3) is 3.75. The maximum atomic E-state index is 12.9. The van der Waals surface area contributed by atoms with E-state index in [1.807, 2.05) is 31.4 Å². The SMILES string of the molecule is CCOC(=O)c1c(C)n(C(C)C)c2cccc(C(C(=O)O)c3cc(O)cc(Cl)c3)c12. The van der Waals surface area contributed by atoms with Crippen molar-refractivity contribution in [1.82, 2.24) is 4.57 Å². The maximum Gasteiger partial charge on any atom is 0.340 e. The van der Waals surface area contributed by atoms with Crippen molar-refractivity contribution in [1.29, 1.82) is 0 Å². The molecule has 1 unspecified atom stereocenters. The third-order valence-corrected chi connectivity index (χ3v) is 5.32. The zero-order valence-electron chi connectivity index (χ0n) is 17.3. The van der Waals surface area contributed by atoms with Gasteiger partial charge in [0.1, 0.15) is 11.7 Å². The fraction of sp³-hybridized carbons (Fsp3) is 0.304. The van der Waals surface area contributed by atoms with Crippen molar-refractivity contribution in [2.24, 2.45) is 0 Å². The molecule has 0 aliphatic carbocycles. The van der Waals surface area contributed by atoms with Crippen LogP contribution in [-0.2, 0) is 9.53 Å². The Labute approximate surface area is 179 Å². The predicted octanol–water partition coefficient (Wildman–Crippen LogP) is 5.28. The first-order valence-corrected chi connectivity index (χ1v) is 10.1. The highest BCUT2D eigenvalue weighted by atomic mass is 35.5. The molecule has 1 atom stereocenters. The molecule has 0 fully saturated rings. The molecule has 3 rings (SSSR count). The lowest BCUT2D eigenvalue weighted by Gasteiger charge is -2.17. The number of nitrogens with zero attached hydrogens (tertiary/aromatic N) is 1. The number of hydrogen-bond acceptors (Lipinski definition) is 4. The van der Waals surface area contributed by atoms with Gasteiger partial charge in [-0.3, -0.25) is 4.79 Å². The first-order valence-electron chi connectivity index (χ1n) is 9.70. The van der Waals surface area contributed by atoms with E-state index in [4.69, 9.17) is 16.3 Å². The van der Waals surface area contributed by atoms with E-state index in [1.165, 1.54) is 18.2 Å². The lowest BCUT2D eigenvalue weighted by Crippen LogP contribution is -2.15. The zero-order valence-corrected chi connectivity index (χ0v) is 18.0. The summed E-state index contributed by atoms with van der Waals surface area (Å²) in [7, 11) is 0. The number of hydrogen-bond donors (Lipinski definition) is 2. The molecule has 7 heteroatoms. The summed E-state index contributed by atoms with van der Waals surface area (Å²) in [6.07, 6.45) is 0. The Balaban J connectivity index is 2.41. The number of rotatable bonds is 6. The number of carbonyl (C=O) groups is 2. The van der Waals surface area contributed by atoms with Gasteiger partial charge in [-0.25, -0.2) is 4.79 Å². The molecule has 0 aliphatic heterocycles. The normalized spacial score (nSPS) is 12.3. The Morgan fingerprint density at radius 2 is 1.90 bits per heavy atom. The topological polar surface area (TPSA) is 88.8 Å². The summed E-state index contributed by atoms with van der Waals surface area (Å²) in [5.74, 6) is -2.87. The van der Waals surface area contributed by atoms with E-state index in [-0.39, 0.29) is 23.4 Å². The van der Waals surface area contributed by atoms with Crippen LogP contribution < -0.4 is 0 Å². The number of fused-ring (bicyclic) bond motifs is 1. The quantitative estimate of drug-likeness (QED) is 0.520. The minimum Gasteiger partial charge on any atom is -0.508 e.